The average Bonchev–Trinajstić information content (AvgIpc) is 3.06. The molecule has 0 saturated carbocycles. The number of carbonyl (C=O) groups is 2. The van der Waals surface area contributed by atoms with Gasteiger partial charge in [0.25, 0.3) is 5.91 Å². The molecule has 21 heavy (non-hydrogen) atoms. The largest absolute Gasteiger partial charge is 0.339 e. The number of thioether (sulfide) groups is 1. The van der Waals surface area contributed by atoms with Gasteiger partial charge in [0.05, 0.1) is 15.8 Å². The molecule has 0 saturated heterocycles. The standard InChI is InChI=1S/C13H16ClN3O2S2/c1-7(2)10(12(19)17-13-15-5-6-20-13)16-11(18)8-3-4-9(14)21-8/h3-4,7,10H,5-6H2,1-2H3,(H,16,18)(H,15,17,19)/t10-/m1/s1. The number of halogens is 1. The first-order valence-corrected chi connectivity index (χ1v) is 8.69. The lowest BCUT2D eigenvalue weighted by molar-refractivity contribution is -0.122. The second kappa shape index (κ2) is 7.29. The first kappa shape index (κ1) is 16.3. The number of nitrogens with zero attached hydrogens (tertiary/aromatic N) is 1. The zero-order chi connectivity index (χ0) is 15.4. The predicted molar refractivity (Wildman–Crippen MR) is 88.3 cm³/mol. The number of hydrogen-bond donors (Lipinski definition) is 2. The third-order valence-corrected chi connectivity index (χ3v) is 4.97. The first-order valence-electron chi connectivity index (χ1n) is 6.51. The van der Waals surface area contributed by atoms with Crippen LogP contribution in [0.1, 0.15) is 23.5 Å². The predicted octanol–water partition coefficient (Wildman–Crippen LogP) is 2.37. The van der Waals surface area contributed by atoms with Gasteiger partial charge in [-0.1, -0.05) is 37.2 Å². The van der Waals surface area contributed by atoms with Crippen molar-refractivity contribution in [1.29, 1.82) is 0 Å². The molecule has 1 aromatic rings. The number of hydrogen-bond acceptors (Lipinski definition) is 5. The van der Waals surface area contributed by atoms with Gasteiger partial charge in [-0.05, 0) is 18.1 Å². The van der Waals surface area contributed by atoms with Crippen molar-refractivity contribution < 1.29 is 9.59 Å². The van der Waals surface area contributed by atoms with Crippen molar-refractivity contribution in [2.45, 2.75) is 19.9 Å². The normalized spacial score (nSPS) is 15.7. The fourth-order valence-electron chi connectivity index (χ4n) is 1.78. The van der Waals surface area contributed by atoms with Crippen molar-refractivity contribution >= 4 is 51.7 Å². The lowest BCUT2D eigenvalue weighted by Gasteiger charge is -2.21. The van der Waals surface area contributed by atoms with Crippen LogP contribution in [0.3, 0.4) is 0 Å². The molecule has 0 spiro atoms. The van der Waals surface area contributed by atoms with E-state index >= 15 is 0 Å². The Bertz CT molecular complexity index is 572. The molecule has 1 aliphatic rings. The van der Waals surface area contributed by atoms with E-state index in [0.29, 0.717) is 20.9 Å². The van der Waals surface area contributed by atoms with Crippen molar-refractivity contribution in [1.82, 2.24) is 10.6 Å². The molecule has 2 rings (SSSR count). The van der Waals surface area contributed by atoms with Gasteiger partial charge >= 0.3 is 0 Å². The number of aliphatic imine (C=N–C) groups is 1. The first-order chi connectivity index (χ1) is 9.97. The molecule has 2 N–H and O–H groups in total. The molecule has 8 heteroatoms. The molecule has 114 valence electrons. The van der Waals surface area contributed by atoms with E-state index in [2.05, 4.69) is 15.6 Å². The monoisotopic (exact) mass is 345 g/mol. The van der Waals surface area contributed by atoms with Gasteiger partial charge < -0.3 is 10.6 Å². The van der Waals surface area contributed by atoms with Gasteiger partial charge in [0.15, 0.2) is 5.17 Å². The molecule has 0 aliphatic carbocycles. The van der Waals surface area contributed by atoms with E-state index in [-0.39, 0.29) is 17.7 Å². The van der Waals surface area contributed by atoms with Crippen LogP contribution in [0.4, 0.5) is 0 Å². The van der Waals surface area contributed by atoms with Crippen molar-refractivity contribution in [3.05, 3.63) is 21.3 Å². The lowest BCUT2D eigenvalue weighted by Crippen LogP contribution is -2.50. The van der Waals surface area contributed by atoms with E-state index in [1.807, 2.05) is 13.8 Å². The van der Waals surface area contributed by atoms with E-state index < -0.39 is 6.04 Å². The fraction of sp³-hybridized carbons (Fsp3) is 0.462. The minimum Gasteiger partial charge on any atom is -0.339 e. The van der Waals surface area contributed by atoms with Crippen molar-refractivity contribution in [2.75, 3.05) is 12.3 Å². The van der Waals surface area contributed by atoms with Gasteiger partial charge in [0.2, 0.25) is 5.91 Å². The summed E-state index contributed by atoms with van der Waals surface area (Å²) in [5.74, 6) is 0.314. The Balaban J connectivity index is 2.01. The molecule has 0 aromatic carbocycles. The molecule has 0 unspecified atom stereocenters. The lowest BCUT2D eigenvalue weighted by atomic mass is 10.0. The highest BCUT2D eigenvalue weighted by Crippen LogP contribution is 2.21. The van der Waals surface area contributed by atoms with Crippen molar-refractivity contribution in [3.63, 3.8) is 0 Å². The van der Waals surface area contributed by atoms with Crippen LogP contribution in [0.15, 0.2) is 17.1 Å². The highest BCUT2D eigenvalue weighted by Gasteiger charge is 2.26. The molecule has 1 atom stereocenters. The number of carbonyl (C=O) groups excluding carboxylic acids is 2. The smallest absolute Gasteiger partial charge is 0.262 e. The quantitative estimate of drug-likeness (QED) is 0.880. The molecular weight excluding hydrogens is 330 g/mol. The van der Waals surface area contributed by atoms with Crippen LogP contribution in [0.25, 0.3) is 0 Å². The third kappa shape index (κ3) is 4.46. The highest BCUT2D eigenvalue weighted by atomic mass is 35.5. The maximum Gasteiger partial charge on any atom is 0.262 e. The molecule has 0 radical (unpaired) electrons. The summed E-state index contributed by atoms with van der Waals surface area (Å²) in [4.78, 5) is 29.1. The Labute approximate surface area is 136 Å². The van der Waals surface area contributed by atoms with Crippen LogP contribution in [0.5, 0.6) is 0 Å². The van der Waals surface area contributed by atoms with Crippen LogP contribution < -0.4 is 10.6 Å². The molecule has 2 heterocycles. The van der Waals surface area contributed by atoms with E-state index in [1.54, 1.807) is 12.1 Å². The van der Waals surface area contributed by atoms with Gasteiger partial charge in [0.1, 0.15) is 6.04 Å². The zero-order valence-electron chi connectivity index (χ0n) is 11.7. The number of amidine groups is 1. The molecule has 0 fully saturated rings. The summed E-state index contributed by atoms with van der Waals surface area (Å²) in [5.41, 5.74) is 0. The van der Waals surface area contributed by atoms with Gasteiger partial charge in [-0.2, -0.15) is 0 Å². The van der Waals surface area contributed by atoms with E-state index in [9.17, 15) is 9.59 Å². The summed E-state index contributed by atoms with van der Waals surface area (Å²) in [7, 11) is 0. The third-order valence-electron chi connectivity index (χ3n) is 2.85. The Kier molecular flexibility index (Phi) is 5.66. The van der Waals surface area contributed by atoms with Crippen LogP contribution >= 0.6 is 34.7 Å². The molecule has 5 nitrogen and oxygen atoms in total. The van der Waals surface area contributed by atoms with E-state index in [0.717, 1.165) is 5.75 Å². The molecule has 2 amide bonds. The summed E-state index contributed by atoms with van der Waals surface area (Å²) in [6, 6.07) is 2.70. The summed E-state index contributed by atoms with van der Waals surface area (Å²) < 4.78 is 0.544. The van der Waals surface area contributed by atoms with Gasteiger partial charge in [-0.3, -0.25) is 14.6 Å². The van der Waals surface area contributed by atoms with Gasteiger partial charge in [-0.15, -0.1) is 11.3 Å². The summed E-state index contributed by atoms with van der Waals surface area (Å²) in [5, 5.41) is 6.14. The van der Waals surface area contributed by atoms with E-state index in [1.165, 1.54) is 23.1 Å². The maximum absolute atomic E-state index is 12.3. The van der Waals surface area contributed by atoms with Gasteiger partial charge in [0, 0.05) is 5.75 Å². The molecule has 0 bridgehead atoms. The highest BCUT2D eigenvalue weighted by molar-refractivity contribution is 8.14. The minimum atomic E-state index is -0.609. The molecular formula is C13H16ClN3O2S2. The summed E-state index contributed by atoms with van der Waals surface area (Å²) >= 11 is 8.52. The summed E-state index contributed by atoms with van der Waals surface area (Å²) in [6.45, 7) is 4.48. The van der Waals surface area contributed by atoms with Crippen LogP contribution in [0, 0.1) is 5.92 Å². The van der Waals surface area contributed by atoms with Crippen LogP contribution in [0.2, 0.25) is 4.34 Å². The topological polar surface area (TPSA) is 70.6 Å². The maximum atomic E-state index is 12.3. The van der Waals surface area contributed by atoms with Crippen LogP contribution in [-0.2, 0) is 4.79 Å². The Morgan fingerprint density at radius 3 is 2.67 bits per heavy atom. The number of amides is 2. The Morgan fingerprint density at radius 1 is 1.38 bits per heavy atom. The molecule has 1 aliphatic heterocycles. The average molecular weight is 346 g/mol. The minimum absolute atomic E-state index is 0.0311. The fourth-order valence-corrected chi connectivity index (χ4v) is 3.46. The second-order valence-corrected chi connectivity index (χ2v) is 7.62. The number of rotatable bonds is 4. The van der Waals surface area contributed by atoms with Crippen molar-refractivity contribution in [2.24, 2.45) is 10.9 Å². The van der Waals surface area contributed by atoms with Crippen LogP contribution in [-0.4, -0.2) is 35.3 Å². The zero-order valence-corrected chi connectivity index (χ0v) is 14.1. The SMILES string of the molecule is CC(C)[C@@H](NC(=O)c1ccc(Cl)s1)C(=O)NC1=NCCS1. The summed E-state index contributed by atoms with van der Waals surface area (Å²) in [6.07, 6.45) is 0. The number of nitrogens with one attached hydrogen (secondary N) is 2. The second-order valence-electron chi connectivity index (χ2n) is 4.82. The Morgan fingerprint density at radius 2 is 2.14 bits per heavy atom. The van der Waals surface area contributed by atoms with Gasteiger partial charge in [-0.25, -0.2) is 0 Å². The Hall–Kier alpha value is -1.05. The molecule has 1 aromatic heterocycles. The van der Waals surface area contributed by atoms with E-state index in [4.69, 9.17) is 11.6 Å². The number of thiophene rings is 1. The van der Waals surface area contributed by atoms with Crippen molar-refractivity contribution in [3.8, 4) is 0 Å².